The molecule has 3 rings (SSSR count). The number of hydrogen-bond acceptors (Lipinski definition) is 3. The van der Waals surface area contributed by atoms with Crippen LogP contribution in [0.4, 0.5) is 0 Å². The van der Waals surface area contributed by atoms with E-state index in [0.29, 0.717) is 18.4 Å². The van der Waals surface area contributed by atoms with E-state index in [1.807, 2.05) is 0 Å². The van der Waals surface area contributed by atoms with E-state index < -0.39 is 0 Å². The molecule has 0 radical (unpaired) electrons. The molecule has 0 spiro atoms. The fourth-order valence-corrected chi connectivity index (χ4v) is 4.94. The first kappa shape index (κ1) is 22.6. The number of primary amides is 1. The number of nitrogens with one attached hydrogen (secondary N) is 1. The normalized spacial score (nSPS) is 25.9. The maximum absolute atomic E-state index is 11.6. The Morgan fingerprint density at radius 3 is 2.63 bits per heavy atom. The number of hydrogen-bond donors (Lipinski definition) is 2. The first-order valence-electron chi connectivity index (χ1n) is 11.6. The third kappa shape index (κ3) is 6.46. The third-order valence-electron chi connectivity index (χ3n) is 6.22. The molecule has 0 aliphatic carbocycles. The van der Waals surface area contributed by atoms with Gasteiger partial charge in [0.1, 0.15) is 0 Å². The van der Waals surface area contributed by atoms with Crippen molar-refractivity contribution in [2.45, 2.75) is 53.1 Å². The van der Waals surface area contributed by atoms with Crippen molar-refractivity contribution >= 4 is 11.9 Å². The minimum absolute atomic E-state index is 0.0106. The molecule has 0 bridgehead atoms. The van der Waals surface area contributed by atoms with E-state index in [1.165, 1.54) is 17.5 Å². The molecule has 6 heteroatoms. The van der Waals surface area contributed by atoms with E-state index in [4.69, 9.17) is 10.7 Å². The summed E-state index contributed by atoms with van der Waals surface area (Å²) in [5.74, 6) is 2.26. The van der Waals surface area contributed by atoms with Crippen molar-refractivity contribution < 1.29 is 4.79 Å². The Bertz CT molecular complexity index is 724. The first-order valence-corrected chi connectivity index (χ1v) is 11.6. The zero-order chi connectivity index (χ0) is 21.5. The lowest BCUT2D eigenvalue weighted by molar-refractivity contribution is -0.123. The number of carbonyl (C=O) groups excluding carboxylic acids is 1. The molecule has 166 valence electrons. The highest BCUT2D eigenvalue weighted by atomic mass is 16.1. The van der Waals surface area contributed by atoms with Gasteiger partial charge in [0, 0.05) is 32.7 Å². The van der Waals surface area contributed by atoms with Crippen molar-refractivity contribution in [2.24, 2.45) is 28.5 Å². The van der Waals surface area contributed by atoms with Crippen LogP contribution in [0, 0.1) is 17.8 Å². The van der Waals surface area contributed by atoms with Gasteiger partial charge in [0.2, 0.25) is 5.91 Å². The van der Waals surface area contributed by atoms with Gasteiger partial charge in [0.05, 0.1) is 12.5 Å². The van der Waals surface area contributed by atoms with Crippen LogP contribution in [0.2, 0.25) is 0 Å². The van der Waals surface area contributed by atoms with Gasteiger partial charge in [0.25, 0.3) is 0 Å². The summed E-state index contributed by atoms with van der Waals surface area (Å²) < 4.78 is 0. The Kier molecular flexibility index (Phi) is 8.14. The molecule has 3 atom stereocenters. The smallest absolute Gasteiger partial charge is 0.221 e. The molecule has 2 saturated heterocycles. The molecule has 2 aliphatic rings. The fourth-order valence-electron chi connectivity index (χ4n) is 4.94. The molecule has 1 amide bonds. The Labute approximate surface area is 181 Å². The molecule has 6 nitrogen and oxygen atoms in total. The van der Waals surface area contributed by atoms with Crippen LogP contribution in [0.1, 0.15) is 51.2 Å². The van der Waals surface area contributed by atoms with Crippen LogP contribution in [0.15, 0.2) is 29.3 Å². The molecule has 0 aromatic heterocycles. The zero-order valence-electron chi connectivity index (χ0n) is 18.9. The molecule has 2 heterocycles. The van der Waals surface area contributed by atoms with E-state index >= 15 is 0 Å². The summed E-state index contributed by atoms with van der Waals surface area (Å²) in [4.78, 5) is 21.3. The molecule has 2 fully saturated rings. The van der Waals surface area contributed by atoms with Crippen molar-refractivity contribution in [3.63, 3.8) is 0 Å². The summed E-state index contributed by atoms with van der Waals surface area (Å²) in [6.45, 7) is 13.2. The average molecular weight is 414 g/mol. The Hall–Kier alpha value is -2.08. The van der Waals surface area contributed by atoms with Crippen molar-refractivity contribution in [2.75, 3.05) is 32.7 Å². The summed E-state index contributed by atoms with van der Waals surface area (Å²) in [5, 5.41) is 3.48. The minimum atomic E-state index is -0.167. The SMILES string of the molecule is CCNC(=NCc1cccc(CN2CCCC(C(N)=O)C2)c1)N1CC(C)CC(C)C1. The standard InChI is InChI=1S/C24H39N5O/c1-4-26-24(29-14-18(2)11-19(3)15-29)27-13-20-7-5-8-21(12-20)16-28-10-6-9-22(17-28)23(25)30/h5,7-8,12,18-19,22H,4,6,9-11,13-17H2,1-3H3,(H2,25,30)(H,26,27). The number of carbonyl (C=O) groups is 1. The highest BCUT2D eigenvalue weighted by Gasteiger charge is 2.25. The molecule has 1 aromatic rings. The van der Waals surface area contributed by atoms with Crippen molar-refractivity contribution in [1.82, 2.24) is 15.1 Å². The fraction of sp³-hybridized carbons (Fsp3) is 0.667. The van der Waals surface area contributed by atoms with Gasteiger partial charge >= 0.3 is 0 Å². The monoisotopic (exact) mass is 413 g/mol. The maximum Gasteiger partial charge on any atom is 0.221 e. The van der Waals surface area contributed by atoms with Crippen molar-refractivity contribution in [3.05, 3.63) is 35.4 Å². The highest BCUT2D eigenvalue weighted by molar-refractivity contribution is 5.80. The number of piperidine rings is 2. The second-order valence-electron chi connectivity index (χ2n) is 9.32. The van der Waals surface area contributed by atoms with E-state index in [9.17, 15) is 4.79 Å². The molecule has 3 N–H and O–H groups in total. The van der Waals surface area contributed by atoms with E-state index in [-0.39, 0.29) is 11.8 Å². The van der Waals surface area contributed by atoms with Gasteiger partial charge in [-0.05, 0) is 55.7 Å². The molecular weight excluding hydrogens is 374 g/mol. The van der Waals surface area contributed by atoms with Gasteiger partial charge in [-0.15, -0.1) is 0 Å². The van der Waals surface area contributed by atoms with Gasteiger partial charge in [-0.1, -0.05) is 38.1 Å². The van der Waals surface area contributed by atoms with Gasteiger partial charge in [-0.2, -0.15) is 0 Å². The van der Waals surface area contributed by atoms with Crippen molar-refractivity contribution in [1.29, 1.82) is 0 Å². The summed E-state index contributed by atoms with van der Waals surface area (Å²) in [6.07, 6.45) is 3.25. The number of rotatable bonds is 6. The predicted molar refractivity (Wildman–Crippen MR) is 123 cm³/mol. The van der Waals surface area contributed by atoms with Crippen LogP contribution < -0.4 is 11.1 Å². The van der Waals surface area contributed by atoms with Gasteiger partial charge in [-0.3, -0.25) is 9.69 Å². The number of aliphatic imine (C=N–C) groups is 1. The molecule has 2 aliphatic heterocycles. The van der Waals surface area contributed by atoms with E-state index in [1.54, 1.807) is 0 Å². The number of guanidine groups is 1. The van der Waals surface area contributed by atoms with E-state index in [0.717, 1.165) is 58.1 Å². The lowest BCUT2D eigenvalue weighted by Crippen LogP contribution is -2.48. The number of amides is 1. The average Bonchev–Trinajstić information content (AvgIpc) is 2.71. The van der Waals surface area contributed by atoms with Crippen molar-refractivity contribution in [3.8, 4) is 0 Å². The van der Waals surface area contributed by atoms with Crippen LogP contribution in [0.3, 0.4) is 0 Å². The second kappa shape index (κ2) is 10.8. The Balaban J connectivity index is 1.63. The maximum atomic E-state index is 11.6. The number of nitrogens with two attached hydrogens (primary N) is 1. The summed E-state index contributed by atoms with van der Waals surface area (Å²) in [7, 11) is 0. The number of nitrogens with zero attached hydrogens (tertiary/aromatic N) is 3. The summed E-state index contributed by atoms with van der Waals surface area (Å²) in [6, 6.07) is 8.69. The Morgan fingerprint density at radius 2 is 1.93 bits per heavy atom. The third-order valence-corrected chi connectivity index (χ3v) is 6.22. The quantitative estimate of drug-likeness (QED) is 0.556. The van der Waals surface area contributed by atoms with Crippen LogP contribution >= 0.6 is 0 Å². The summed E-state index contributed by atoms with van der Waals surface area (Å²) >= 11 is 0. The van der Waals surface area contributed by atoms with Crippen LogP contribution in [0.5, 0.6) is 0 Å². The minimum Gasteiger partial charge on any atom is -0.369 e. The largest absolute Gasteiger partial charge is 0.369 e. The van der Waals surface area contributed by atoms with Gasteiger partial charge in [0.15, 0.2) is 5.96 Å². The van der Waals surface area contributed by atoms with Gasteiger partial charge in [-0.25, -0.2) is 4.99 Å². The number of likely N-dealkylation sites (tertiary alicyclic amines) is 2. The van der Waals surface area contributed by atoms with Crippen LogP contribution in [0.25, 0.3) is 0 Å². The topological polar surface area (TPSA) is 74.0 Å². The second-order valence-corrected chi connectivity index (χ2v) is 9.32. The highest BCUT2D eigenvalue weighted by Crippen LogP contribution is 2.22. The zero-order valence-corrected chi connectivity index (χ0v) is 18.9. The first-order chi connectivity index (χ1) is 14.4. The lowest BCUT2D eigenvalue weighted by atomic mass is 9.92. The summed E-state index contributed by atoms with van der Waals surface area (Å²) in [5.41, 5.74) is 8.03. The molecular formula is C24H39N5O. The van der Waals surface area contributed by atoms with Gasteiger partial charge < -0.3 is 16.0 Å². The lowest BCUT2D eigenvalue weighted by Gasteiger charge is -2.37. The molecule has 0 saturated carbocycles. The van der Waals surface area contributed by atoms with Crippen LogP contribution in [-0.4, -0.2) is 54.4 Å². The Morgan fingerprint density at radius 1 is 1.20 bits per heavy atom. The molecule has 1 aromatic carbocycles. The van der Waals surface area contributed by atoms with Crippen LogP contribution in [-0.2, 0) is 17.9 Å². The number of benzene rings is 1. The van der Waals surface area contributed by atoms with E-state index in [2.05, 4.69) is 60.2 Å². The molecule has 3 unspecified atom stereocenters. The molecule has 30 heavy (non-hydrogen) atoms. The predicted octanol–water partition coefficient (Wildman–Crippen LogP) is 2.83.